The highest BCUT2D eigenvalue weighted by Crippen LogP contribution is 2.10. The van der Waals surface area contributed by atoms with Gasteiger partial charge in [0.1, 0.15) is 22.4 Å². The van der Waals surface area contributed by atoms with E-state index in [4.69, 9.17) is 0 Å². The summed E-state index contributed by atoms with van der Waals surface area (Å²) >= 11 is 2.23. The number of hydrogen-bond acceptors (Lipinski definition) is 3. The molecule has 6 heteroatoms. The Bertz CT molecular complexity index is 466. The van der Waals surface area contributed by atoms with Crippen LogP contribution in [0.4, 0.5) is 0 Å². The first-order valence-electron chi connectivity index (χ1n) is 5.16. The zero-order valence-corrected chi connectivity index (χ0v) is 11.7. The molecule has 0 saturated carbocycles. The molecule has 0 aliphatic carbocycles. The molecule has 0 aromatic carbocycles. The Morgan fingerprint density at radius 1 is 1.44 bits per heavy atom. The molecular formula is C10H14IN5. The van der Waals surface area contributed by atoms with Crippen LogP contribution in [0.5, 0.6) is 0 Å². The topological polar surface area (TPSA) is 48.5 Å². The molecule has 5 nitrogen and oxygen atoms in total. The monoisotopic (exact) mass is 331 g/mol. The molecule has 0 bridgehead atoms. The minimum atomic E-state index is 0.327. The van der Waals surface area contributed by atoms with E-state index in [1.807, 2.05) is 15.6 Å². The number of aromatic nitrogens is 5. The van der Waals surface area contributed by atoms with Crippen molar-refractivity contribution < 1.29 is 0 Å². The van der Waals surface area contributed by atoms with Crippen molar-refractivity contribution in [2.75, 3.05) is 0 Å². The Hall–Kier alpha value is -0.920. The van der Waals surface area contributed by atoms with E-state index in [1.54, 1.807) is 6.33 Å². The average molecular weight is 331 g/mol. The molecule has 0 amide bonds. The van der Waals surface area contributed by atoms with Gasteiger partial charge in [0, 0.05) is 17.8 Å². The second kappa shape index (κ2) is 4.52. The Labute approximate surface area is 108 Å². The molecule has 0 saturated heterocycles. The molecule has 2 heterocycles. The van der Waals surface area contributed by atoms with E-state index < -0.39 is 0 Å². The lowest BCUT2D eigenvalue weighted by molar-refractivity contribution is 0.487. The van der Waals surface area contributed by atoms with Crippen molar-refractivity contribution in [3.8, 4) is 0 Å². The van der Waals surface area contributed by atoms with Gasteiger partial charge in [-0.25, -0.2) is 9.67 Å². The normalized spacial score (nSPS) is 11.3. The summed E-state index contributed by atoms with van der Waals surface area (Å²) in [4.78, 5) is 4.26. The van der Waals surface area contributed by atoms with Gasteiger partial charge >= 0.3 is 0 Å². The SMILES string of the molecule is Cc1cn(Cc2ncnn2C(C)C)nc1I. The summed E-state index contributed by atoms with van der Waals surface area (Å²) in [5, 5.41) is 8.61. The molecule has 2 rings (SSSR count). The molecule has 0 aliphatic heterocycles. The van der Waals surface area contributed by atoms with Gasteiger partial charge in [-0.1, -0.05) is 0 Å². The largest absolute Gasteiger partial charge is 0.264 e. The van der Waals surface area contributed by atoms with E-state index in [0.717, 1.165) is 9.53 Å². The second-order valence-electron chi connectivity index (χ2n) is 4.02. The van der Waals surface area contributed by atoms with E-state index in [1.165, 1.54) is 5.56 Å². The molecule has 0 unspecified atom stereocenters. The van der Waals surface area contributed by atoms with Gasteiger partial charge in [0.2, 0.25) is 0 Å². The van der Waals surface area contributed by atoms with Crippen molar-refractivity contribution >= 4 is 22.6 Å². The Kier molecular flexibility index (Phi) is 3.27. The Morgan fingerprint density at radius 3 is 2.75 bits per heavy atom. The first-order valence-corrected chi connectivity index (χ1v) is 6.23. The number of aryl methyl sites for hydroxylation is 1. The van der Waals surface area contributed by atoms with Crippen molar-refractivity contribution in [3.05, 3.63) is 27.6 Å². The molecular weight excluding hydrogens is 317 g/mol. The van der Waals surface area contributed by atoms with Crippen LogP contribution in [0.1, 0.15) is 31.3 Å². The summed E-state index contributed by atoms with van der Waals surface area (Å²) < 4.78 is 4.86. The van der Waals surface area contributed by atoms with Crippen LogP contribution in [0.15, 0.2) is 12.5 Å². The first kappa shape index (κ1) is 11.6. The number of rotatable bonds is 3. The smallest absolute Gasteiger partial charge is 0.148 e. The summed E-state index contributed by atoms with van der Waals surface area (Å²) in [6.07, 6.45) is 3.62. The number of hydrogen-bond donors (Lipinski definition) is 0. The maximum absolute atomic E-state index is 4.41. The molecule has 0 atom stereocenters. The zero-order chi connectivity index (χ0) is 11.7. The van der Waals surface area contributed by atoms with E-state index in [9.17, 15) is 0 Å². The van der Waals surface area contributed by atoms with E-state index >= 15 is 0 Å². The lowest BCUT2D eigenvalue weighted by Crippen LogP contribution is -2.12. The summed E-state index contributed by atoms with van der Waals surface area (Å²) in [6, 6.07) is 0.327. The van der Waals surface area contributed by atoms with Gasteiger partial charge < -0.3 is 0 Å². The molecule has 0 fully saturated rings. The van der Waals surface area contributed by atoms with Crippen LogP contribution < -0.4 is 0 Å². The highest BCUT2D eigenvalue weighted by atomic mass is 127. The molecule has 2 aromatic heterocycles. The first-order chi connectivity index (χ1) is 7.58. The third-order valence-electron chi connectivity index (χ3n) is 2.32. The number of halogens is 1. The summed E-state index contributed by atoms with van der Waals surface area (Å²) in [6.45, 7) is 6.91. The van der Waals surface area contributed by atoms with Crippen molar-refractivity contribution in [2.24, 2.45) is 0 Å². The van der Waals surface area contributed by atoms with Crippen molar-refractivity contribution in [3.63, 3.8) is 0 Å². The van der Waals surface area contributed by atoms with Crippen molar-refractivity contribution in [2.45, 2.75) is 33.4 Å². The molecule has 0 spiro atoms. The second-order valence-corrected chi connectivity index (χ2v) is 5.04. The predicted octanol–water partition coefficient (Wildman–Crippen LogP) is 2.02. The van der Waals surface area contributed by atoms with Gasteiger partial charge in [0.15, 0.2) is 0 Å². The fourth-order valence-corrected chi connectivity index (χ4v) is 1.96. The average Bonchev–Trinajstić information content (AvgIpc) is 2.75. The van der Waals surface area contributed by atoms with Crippen molar-refractivity contribution in [1.29, 1.82) is 0 Å². The molecule has 0 aliphatic rings. The van der Waals surface area contributed by atoms with Gasteiger partial charge in [0.05, 0.1) is 0 Å². The maximum atomic E-state index is 4.41. The quantitative estimate of drug-likeness (QED) is 0.809. The van der Waals surface area contributed by atoms with Gasteiger partial charge in [-0.3, -0.25) is 4.68 Å². The third-order valence-corrected chi connectivity index (χ3v) is 3.39. The van der Waals surface area contributed by atoms with Gasteiger partial charge in [-0.2, -0.15) is 10.2 Å². The van der Waals surface area contributed by atoms with E-state index in [-0.39, 0.29) is 0 Å². The predicted molar refractivity (Wildman–Crippen MR) is 69.2 cm³/mol. The minimum Gasteiger partial charge on any atom is -0.264 e. The molecule has 2 aromatic rings. The van der Waals surface area contributed by atoms with Crippen molar-refractivity contribution in [1.82, 2.24) is 24.5 Å². The number of nitrogens with zero attached hydrogens (tertiary/aromatic N) is 5. The van der Waals surface area contributed by atoms with Crippen LogP contribution in [0, 0.1) is 10.6 Å². The standard InChI is InChI=1S/C10H14IN5/c1-7(2)16-9(12-6-13-16)5-15-4-8(3)10(11)14-15/h4,6-7H,5H2,1-3H3. The van der Waals surface area contributed by atoms with E-state index in [0.29, 0.717) is 12.6 Å². The molecule has 86 valence electrons. The molecule has 0 radical (unpaired) electrons. The summed E-state index contributed by atoms with van der Waals surface area (Å²) in [5.41, 5.74) is 1.19. The van der Waals surface area contributed by atoms with E-state index in [2.05, 4.69) is 58.5 Å². The lowest BCUT2D eigenvalue weighted by atomic mass is 10.4. The van der Waals surface area contributed by atoms with Gasteiger partial charge in [-0.15, -0.1) is 0 Å². The van der Waals surface area contributed by atoms with Crippen LogP contribution in [0.3, 0.4) is 0 Å². The fraction of sp³-hybridized carbons (Fsp3) is 0.500. The van der Waals surface area contributed by atoms with Crippen LogP contribution in [-0.4, -0.2) is 24.5 Å². The fourth-order valence-electron chi connectivity index (χ4n) is 1.54. The summed E-state index contributed by atoms with van der Waals surface area (Å²) in [5.74, 6) is 0.939. The third kappa shape index (κ3) is 2.26. The molecule has 0 N–H and O–H groups in total. The van der Waals surface area contributed by atoms with Crippen LogP contribution in [-0.2, 0) is 6.54 Å². The van der Waals surface area contributed by atoms with Gasteiger partial charge in [0.25, 0.3) is 0 Å². The lowest BCUT2D eigenvalue weighted by Gasteiger charge is -2.08. The Balaban J connectivity index is 2.23. The zero-order valence-electron chi connectivity index (χ0n) is 9.55. The Morgan fingerprint density at radius 2 is 2.19 bits per heavy atom. The highest BCUT2D eigenvalue weighted by molar-refractivity contribution is 14.1. The van der Waals surface area contributed by atoms with Crippen LogP contribution >= 0.6 is 22.6 Å². The highest BCUT2D eigenvalue weighted by Gasteiger charge is 2.09. The molecule has 16 heavy (non-hydrogen) atoms. The van der Waals surface area contributed by atoms with Crippen LogP contribution in [0.2, 0.25) is 0 Å². The minimum absolute atomic E-state index is 0.327. The summed E-state index contributed by atoms with van der Waals surface area (Å²) in [7, 11) is 0. The van der Waals surface area contributed by atoms with Crippen LogP contribution in [0.25, 0.3) is 0 Å². The maximum Gasteiger partial charge on any atom is 0.148 e. The van der Waals surface area contributed by atoms with Gasteiger partial charge in [-0.05, 0) is 43.4 Å².